The van der Waals surface area contributed by atoms with Gasteiger partial charge in [0.1, 0.15) is 11.5 Å². The summed E-state index contributed by atoms with van der Waals surface area (Å²) in [5.41, 5.74) is 2.62. The highest BCUT2D eigenvalue weighted by atomic mass is 79.9. The van der Waals surface area contributed by atoms with Gasteiger partial charge in [0, 0.05) is 16.5 Å². The Bertz CT molecular complexity index is 403. The molecule has 2 nitrogen and oxygen atoms in total. The molecular weight excluding hydrogens is 268 g/mol. The Balaban J connectivity index is 2.59. The van der Waals surface area contributed by atoms with E-state index < -0.39 is 0 Å². The number of alkyl halides is 1. The summed E-state index contributed by atoms with van der Waals surface area (Å²) in [6.07, 6.45) is 0. The normalized spacial score (nSPS) is 27.7. The number of fused-ring (bicyclic) bond motifs is 1. The van der Waals surface area contributed by atoms with Crippen LogP contribution in [0.25, 0.3) is 0 Å². The van der Waals surface area contributed by atoms with Crippen molar-refractivity contribution in [3.05, 3.63) is 23.3 Å². The Morgan fingerprint density at radius 3 is 2.38 bits per heavy atom. The molecule has 16 heavy (non-hydrogen) atoms. The van der Waals surface area contributed by atoms with Crippen molar-refractivity contribution in [2.45, 2.75) is 24.6 Å². The van der Waals surface area contributed by atoms with Crippen LogP contribution in [0.3, 0.4) is 0 Å². The molecule has 0 fully saturated rings. The minimum absolute atomic E-state index is 0.390. The second kappa shape index (κ2) is 4.28. The molecule has 0 saturated carbocycles. The van der Waals surface area contributed by atoms with Crippen molar-refractivity contribution in [3.63, 3.8) is 0 Å². The second-order valence-electron chi connectivity index (χ2n) is 4.38. The molecule has 0 bridgehead atoms. The summed E-state index contributed by atoms with van der Waals surface area (Å²) in [4.78, 5) is 0.390. The first-order valence-corrected chi connectivity index (χ1v) is 6.41. The van der Waals surface area contributed by atoms with Gasteiger partial charge in [-0.05, 0) is 23.5 Å². The number of ether oxygens (including phenoxy) is 2. The zero-order valence-electron chi connectivity index (χ0n) is 10.1. The van der Waals surface area contributed by atoms with E-state index in [1.807, 2.05) is 6.07 Å². The fourth-order valence-corrected chi connectivity index (χ4v) is 3.26. The third kappa shape index (κ3) is 1.61. The van der Waals surface area contributed by atoms with Crippen LogP contribution in [0.4, 0.5) is 0 Å². The lowest BCUT2D eigenvalue weighted by Crippen LogP contribution is -2.00. The van der Waals surface area contributed by atoms with E-state index in [9.17, 15) is 0 Å². The standard InChI is InChI=1S/C13H17BrO2/c1-7-8(2)13(14)10-5-9(15-3)6-11(16-4)12(7)10/h5-8,13H,1-4H3. The molecule has 1 aromatic rings. The van der Waals surface area contributed by atoms with Crippen LogP contribution in [-0.2, 0) is 0 Å². The van der Waals surface area contributed by atoms with E-state index in [0.717, 1.165) is 11.5 Å². The van der Waals surface area contributed by atoms with E-state index in [1.165, 1.54) is 11.1 Å². The lowest BCUT2D eigenvalue weighted by molar-refractivity contribution is 0.388. The highest BCUT2D eigenvalue weighted by molar-refractivity contribution is 9.09. The Morgan fingerprint density at radius 2 is 1.81 bits per heavy atom. The molecule has 0 aliphatic heterocycles. The van der Waals surface area contributed by atoms with Gasteiger partial charge in [0.05, 0.1) is 14.2 Å². The van der Waals surface area contributed by atoms with Crippen molar-refractivity contribution in [1.29, 1.82) is 0 Å². The third-order valence-electron chi connectivity index (χ3n) is 3.61. The van der Waals surface area contributed by atoms with Gasteiger partial charge in [0.2, 0.25) is 0 Å². The van der Waals surface area contributed by atoms with Crippen molar-refractivity contribution >= 4 is 15.9 Å². The predicted molar refractivity (Wildman–Crippen MR) is 68.8 cm³/mol. The smallest absolute Gasteiger partial charge is 0.126 e. The van der Waals surface area contributed by atoms with Gasteiger partial charge in [0.15, 0.2) is 0 Å². The number of halogens is 1. The molecule has 0 N–H and O–H groups in total. The van der Waals surface area contributed by atoms with Gasteiger partial charge in [-0.1, -0.05) is 29.8 Å². The summed E-state index contributed by atoms with van der Waals surface area (Å²) in [6, 6.07) is 4.07. The van der Waals surface area contributed by atoms with Crippen molar-refractivity contribution in [2.24, 2.45) is 5.92 Å². The monoisotopic (exact) mass is 284 g/mol. The van der Waals surface area contributed by atoms with Gasteiger partial charge in [-0.3, -0.25) is 0 Å². The Labute approximate surface area is 105 Å². The maximum Gasteiger partial charge on any atom is 0.126 e. The predicted octanol–water partition coefficient (Wildman–Crippen LogP) is 3.89. The molecule has 1 aliphatic carbocycles. The van der Waals surface area contributed by atoms with E-state index >= 15 is 0 Å². The minimum Gasteiger partial charge on any atom is -0.497 e. The van der Waals surface area contributed by atoms with Crippen LogP contribution >= 0.6 is 15.9 Å². The highest BCUT2D eigenvalue weighted by Crippen LogP contribution is 2.53. The lowest BCUT2D eigenvalue weighted by atomic mass is 9.96. The number of methoxy groups -OCH3 is 2. The Hall–Kier alpha value is -0.700. The molecule has 0 spiro atoms. The quantitative estimate of drug-likeness (QED) is 0.767. The van der Waals surface area contributed by atoms with E-state index in [1.54, 1.807) is 14.2 Å². The molecule has 1 aromatic carbocycles. The molecule has 3 atom stereocenters. The number of hydrogen-bond acceptors (Lipinski definition) is 2. The van der Waals surface area contributed by atoms with E-state index in [2.05, 4.69) is 35.8 Å². The summed E-state index contributed by atoms with van der Waals surface area (Å²) in [7, 11) is 3.40. The van der Waals surface area contributed by atoms with Gasteiger partial charge in [-0.2, -0.15) is 0 Å². The minimum atomic E-state index is 0.390. The molecular formula is C13H17BrO2. The topological polar surface area (TPSA) is 18.5 Å². The molecule has 88 valence electrons. The van der Waals surface area contributed by atoms with Crippen LogP contribution < -0.4 is 9.47 Å². The van der Waals surface area contributed by atoms with Gasteiger partial charge < -0.3 is 9.47 Å². The van der Waals surface area contributed by atoms with Crippen molar-refractivity contribution in [3.8, 4) is 11.5 Å². The van der Waals surface area contributed by atoms with Crippen LogP contribution in [0.15, 0.2) is 12.1 Å². The van der Waals surface area contributed by atoms with Crippen LogP contribution in [0.1, 0.15) is 35.7 Å². The van der Waals surface area contributed by atoms with Gasteiger partial charge >= 0.3 is 0 Å². The van der Waals surface area contributed by atoms with Crippen LogP contribution in [0.5, 0.6) is 11.5 Å². The zero-order chi connectivity index (χ0) is 11.9. The zero-order valence-corrected chi connectivity index (χ0v) is 11.7. The molecule has 3 unspecified atom stereocenters. The largest absolute Gasteiger partial charge is 0.497 e. The maximum absolute atomic E-state index is 5.47. The molecule has 0 saturated heterocycles. The molecule has 3 heteroatoms. The van der Waals surface area contributed by atoms with Crippen molar-refractivity contribution in [2.75, 3.05) is 14.2 Å². The average Bonchev–Trinajstić information content (AvgIpc) is 2.53. The van der Waals surface area contributed by atoms with E-state index in [0.29, 0.717) is 16.7 Å². The number of hydrogen-bond donors (Lipinski definition) is 0. The molecule has 0 aromatic heterocycles. The summed E-state index contributed by atoms with van der Waals surface area (Å²) in [5.74, 6) is 2.90. The summed E-state index contributed by atoms with van der Waals surface area (Å²) < 4.78 is 10.8. The first-order chi connectivity index (χ1) is 7.60. The van der Waals surface area contributed by atoms with Gasteiger partial charge in [0.25, 0.3) is 0 Å². The van der Waals surface area contributed by atoms with E-state index in [-0.39, 0.29) is 0 Å². The maximum atomic E-state index is 5.47. The SMILES string of the molecule is COc1cc(OC)c2c(c1)C(Br)C(C)C2C. The second-order valence-corrected chi connectivity index (χ2v) is 5.37. The summed E-state index contributed by atoms with van der Waals surface area (Å²) in [6.45, 7) is 4.51. The molecule has 0 amide bonds. The third-order valence-corrected chi connectivity index (χ3v) is 4.93. The summed E-state index contributed by atoms with van der Waals surface area (Å²) in [5, 5.41) is 0. The van der Waals surface area contributed by atoms with Crippen molar-refractivity contribution in [1.82, 2.24) is 0 Å². The first-order valence-electron chi connectivity index (χ1n) is 5.50. The Kier molecular flexibility index (Phi) is 3.15. The fraction of sp³-hybridized carbons (Fsp3) is 0.538. The van der Waals surface area contributed by atoms with Gasteiger partial charge in [-0.15, -0.1) is 0 Å². The fourth-order valence-electron chi connectivity index (χ4n) is 2.42. The van der Waals surface area contributed by atoms with Crippen LogP contribution in [0.2, 0.25) is 0 Å². The molecule has 0 radical (unpaired) electrons. The summed E-state index contributed by atoms with van der Waals surface area (Å²) >= 11 is 3.76. The van der Waals surface area contributed by atoms with Crippen molar-refractivity contribution < 1.29 is 9.47 Å². The molecule has 2 rings (SSSR count). The molecule has 1 aliphatic rings. The lowest BCUT2D eigenvalue weighted by Gasteiger charge is -2.14. The number of rotatable bonds is 2. The average molecular weight is 285 g/mol. The van der Waals surface area contributed by atoms with Crippen LogP contribution in [0, 0.1) is 5.92 Å². The highest BCUT2D eigenvalue weighted by Gasteiger charge is 2.36. The van der Waals surface area contributed by atoms with Gasteiger partial charge in [-0.25, -0.2) is 0 Å². The molecule has 0 heterocycles. The Morgan fingerprint density at radius 1 is 1.12 bits per heavy atom. The first kappa shape index (κ1) is 11.8. The van der Waals surface area contributed by atoms with Crippen LogP contribution in [-0.4, -0.2) is 14.2 Å². The number of benzene rings is 1. The van der Waals surface area contributed by atoms with E-state index in [4.69, 9.17) is 9.47 Å².